The molecule has 18 heavy (non-hydrogen) atoms. The van der Waals surface area contributed by atoms with Gasteiger partial charge >= 0.3 is 0 Å². The third-order valence-corrected chi connectivity index (χ3v) is 3.65. The fraction of sp³-hybridized carbons (Fsp3) is 0.714. The zero-order valence-corrected chi connectivity index (χ0v) is 11.9. The fourth-order valence-corrected chi connectivity index (χ4v) is 1.66. The lowest BCUT2D eigenvalue weighted by Crippen LogP contribution is -2.22. The molecule has 100 valence electrons. The molecular formula is C14H24N4. The van der Waals surface area contributed by atoms with Gasteiger partial charge in [-0.15, -0.1) is 0 Å². The van der Waals surface area contributed by atoms with E-state index >= 15 is 0 Å². The topological polar surface area (TPSA) is 49.8 Å². The Kier molecular flexibility index (Phi) is 3.73. The standard InChI is InChI=1S/C14H24N4/c1-5-14(2,3)9-16-12-8-11(15-4)17-13(18-12)10-6-7-10/h8,10H,5-7,9H2,1-4H3,(H2,15,16,17,18). The van der Waals surface area contributed by atoms with Gasteiger partial charge in [0.1, 0.15) is 17.5 Å². The average Bonchev–Trinajstić information content (AvgIpc) is 3.20. The maximum Gasteiger partial charge on any atom is 0.136 e. The monoisotopic (exact) mass is 248 g/mol. The highest BCUT2D eigenvalue weighted by Crippen LogP contribution is 2.38. The predicted octanol–water partition coefficient (Wildman–Crippen LogP) is 3.24. The van der Waals surface area contributed by atoms with E-state index in [0.29, 0.717) is 11.3 Å². The lowest BCUT2D eigenvalue weighted by Gasteiger charge is -2.23. The molecule has 0 spiro atoms. The first kappa shape index (κ1) is 13.1. The summed E-state index contributed by atoms with van der Waals surface area (Å²) in [5, 5.41) is 6.55. The minimum absolute atomic E-state index is 0.296. The van der Waals surface area contributed by atoms with Crippen LogP contribution in [0.3, 0.4) is 0 Å². The zero-order chi connectivity index (χ0) is 13.2. The highest BCUT2D eigenvalue weighted by molar-refractivity contribution is 5.48. The van der Waals surface area contributed by atoms with Crippen molar-refractivity contribution in [2.45, 2.75) is 46.0 Å². The van der Waals surface area contributed by atoms with Crippen LogP contribution in [0, 0.1) is 5.41 Å². The molecule has 0 atom stereocenters. The van der Waals surface area contributed by atoms with E-state index in [2.05, 4.69) is 41.4 Å². The predicted molar refractivity (Wildman–Crippen MR) is 76.1 cm³/mol. The Bertz CT molecular complexity index is 410. The molecule has 2 rings (SSSR count). The molecule has 0 unspecified atom stereocenters. The number of rotatable bonds is 6. The van der Waals surface area contributed by atoms with E-state index in [1.807, 2.05) is 13.1 Å². The molecule has 1 aliphatic carbocycles. The first-order chi connectivity index (χ1) is 8.54. The number of hydrogen-bond donors (Lipinski definition) is 2. The van der Waals surface area contributed by atoms with Gasteiger partial charge in [0, 0.05) is 25.6 Å². The molecule has 1 saturated carbocycles. The lowest BCUT2D eigenvalue weighted by atomic mass is 9.90. The van der Waals surface area contributed by atoms with Crippen molar-refractivity contribution in [2.75, 3.05) is 24.2 Å². The van der Waals surface area contributed by atoms with Crippen molar-refractivity contribution in [3.63, 3.8) is 0 Å². The van der Waals surface area contributed by atoms with Crippen LogP contribution in [0.15, 0.2) is 6.07 Å². The van der Waals surface area contributed by atoms with Crippen LogP contribution in [0.1, 0.15) is 51.8 Å². The summed E-state index contributed by atoms with van der Waals surface area (Å²) >= 11 is 0. The third kappa shape index (κ3) is 3.34. The smallest absolute Gasteiger partial charge is 0.136 e. The molecule has 1 aromatic rings. The summed E-state index contributed by atoms with van der Waals surface area (Å²) in [6.45, 7) is 7.69. The van der Waals surface area contributed by atoms with Crippen LogP contribution in [0.5, 0.6) is 0 Å². The molecule has 0 aliphatic heterocycles. The normalized spacial score (nSPS) is 15.6. The van der Waals surface area contributed by atoms with Gasteiger partial charge in [-0.3, -0.25) is 0 Å². The fourth-order valence-electron chi connectivity index (χ4n) is 1.66. The summed E-state index contributed by atoms with van der Waals surface area (Å²) in [4.78, 5) is 9.13. The summed E-state index contributed by atoms with van der Waals surface area (Å²) in [6.07, 6.45) is 3.61. The SMILES string of the molecule is CCC(C)(C)CNc1cc(NC)nc(C2CC2)n1. The first-order valence-corrected chi connectivity index (χ1v) is 6.84. The van der Waals surface area contributed by atoms with Crippen molar-refractivity contribution in [1.29, 1.82) is 0 Å². The van der Waals surface area contributed by atoms with Crippen LogP contribution in [0.2, 0.25) is 0 Å². The number of nitrogens with zero attached hydrogens (tertiary/aromatic N) is 2. The molecule has 0 amide bonds. The lowest BCUT2D eigenvalue weighted by molar-refractivity contribution is 0.376. The molecule has 4 nitrogen and oxygen atoms in total. The van der Waals surface area contributed by atoms with Gasteiger partial charge in [-0.25, -0.2) is 9.97 Å². The Balaban J connectivity index is 2.09. The molecule has 2 N–H and O–H groups in total. The van der Waals surface area contributed by atoms with Crippen LogP contribution in [0.25, 0.3) is 0 Å². The van der Waals surface area contributed by atoms with E-state index in [4.69, 9.17) is 0 Å². The summed E-state index contributed by atoms with van der Waals surface area (Å²) in [5.74, 6) is 3.41. The van der Waals surface area contributed by atoms with Crippen LogP contribution in [-0.2, 0) is 0 Å². The summed E-state index contributed by atoms with van der Waals surface area (Å²) in [5.41, 5.74) is 0.296. The molecule has 0 radical (unpaired) electrons. The summed E-state index contributed by atoms with van der Waals surface area (Å²) in [6, 6.07) is 1.98. The van der Waals surface area contributed by atoms with E-state index in [9.17, 15) is 0 Å². The van der Waals surface area contributed by atoms with Crippen molar-refractivity contribution in [3.8, 4) is 0 Å². The van der Waals surface area contributed by atoms with Crippen molar-refractivity contribution in [3.05, 3.63) is 11.9 Å². The molecule has 4 heteroatoms. The van der Waals surface area contributed by atoms with E-state index in [-0.39, 0.29) is 0 Å². The van der Waals surface area contributed by atoms with Crippen molar-refractivity contribution < 1.29 is 0 Å². The second-order valence-corrected chi connectivity index (χ2v) is 5.89. The second kappa shape index (κ2) is 5.12. The number of nitrogens with one attached hydrogen (secondary N) is 2. The summed E-state index contributed by atoms with van der Waals surface area (Å²) in [7, 11) is 1.90. The highest BCUT2D eigenvalue weighted by atomic mass is 15.1. The van der Waals surface area contributed by atoms with Gasteiger partial charge in [0.25, 0.3) is 0 Å². The van der Waals surface area contributed by atoms with Crippen molar-refractivity contribution in [2.24, 2.45) is 5.41 Å². The Morgan fingerprint density at radius 1 is 1.28 bits per heavy atom. The van der Waals surface area contributed by atoms with Gasteiger partial charge in [-0.1, -0.05) is 20.8 Å². The quantitative estimate of drug-likeness (QED) is 0.811. The van der Waals surface area contributed by atoms with E-state index in [1.54, 1.807) is 0 Å². The van der Waals surface area contributed by atoms with Crippen molar-refractivity contribution >= 4 is 11.6 Å². The largest absolute Gasteiger partial charge is 0.373 e. The van der Waals surface area contributed by atoms with Gasteiger partial charge in [0.15, 0.2) is 0 Å². The van der Waals surface area contributed by atoms with Gasteiger partial charge < -0.3 is 10.6 Å². The molecule has 1 fully saturated rings. The Labute approximate surface area is 110 Å². The molecule has 0 saturated heterocycles. The maximum atomic E-state index is 4.62. The van der Waals surface area contributed by atoms with Crippen molar-refractivity contribution in [1.82, 2.24) is 9.97 Å². The van der Waals surface area contributed by atoms with Crippen LogP contribution < -0.4 is 10.6 Å². The molecule has 0 bridgehead atoms. The van der Waals surface area contributed by atoms with Gasteiger partial charge in [-0.05, 0) is 24.7 Å². The summed E-state index contributed by atoms with van der Waals surface area (Å²) < 4.78 is 0. The first-order valence-electron chi connectivity index (χ1n) is 6.84. The third-order valence-electron chi connectivity index (χ3n) is 3.65. The van der Waals surface area contributed by atoms with Gasteiger partial charge in [0.05, 0.1) is 0 Å². The van der Waals surface area contributed by atoms with E-state index in [1.165, 1.54) is 12.8 Å². The van der Waals surface area contributed by atoms with E-state index in [0.717, 1.165) is 30.4 Å². The zero-order valence-electron chi connectivity index (χ0n) is 11.9. The Morgan fingerprint density at radius 3 is 2.50 bits per heavy atom. The minimum atomic E-state index is 0.296. The number of anilines is 2. The number of aromatic nitrogens is 2. The second-order valence-electron chi connectivity index (χ2n) is 5.89. The Morgan fingerprint density at radius 2 is 1.94 bits per heavy atom. The average molecular weight is 248 g/mol. The number of hydrogen-bond acceptors (Lipinski definition) is 4. The highest BCUT2D eigenvalue weighted by Gasteiger charge is 2.27. The van der Waals surface area contributed by atoms with Gasteiger partial charge in [0.2, 0.25) is 0 Å². The molecule has 0 aromatic carbocycles. The minimum Gasteiger partial charge on any atom is -0.373 e. The molecule has 1 aliphatic rings. The Hall–Kier alpha value is -1.32. The molecule has 1 heterocycles. The van der Waals surface area contributed by atoms with Gasteiger partial charge in [-0.2, -0.15) is 0 Å². The van der Waals surface area contributed by atoms with E-state index < -0.39 is 0 Å². The van der Waals surface area contributed by atoms with Crippen LogP contribution in [-0.4, -0.2) is 23.6 Å². The van der Waals surface area contributed by atoms with Crippen LogP contribution >= 0.6 is 0 Å². The molecule has 1 aromatic heterocycles. The maximum absolute atomic E-state index is 4.62. The molecular weight excluding hydrogens is 224 g/mol. The van der Waals surface area contributed by atoms with Crippen LogP contribution in [0.4, 0.5) is 11.6 Å².